The van der Waals surface area contributed by atoms with Crippen LogP contribution in [0.1, 0.15) is 12.8 Å². The molecular weight excluding hydrogens is 438 g/mol. The molecule has 11 heteroatoms. The Kier molecular flexibility index (Phi) is 7.25. The molecule has 2 unspecified atom stereocenters. The summed E-state index contributed by atoms with van der Waals surface area (Å²) in [5, 5.41) is 14.1. The second kappa shape index (κ2) is 9.89. The Hall–Kier alpha value is -2.97. The van der Waals surface area contributed by atoms with Gasteiger partial charge in [0, 0.05) is 23.6 Å². The second-order valence-electron chi connectivity index (χ2n) is 6.99. The Bertz CT molecular complexity index is 1120. The van der Waals surface area contributed by atoms with Crippen molar-refractivity contribution in [2.75, 3.05) is 19.3 Å². The predicted molar refractivity (Wildman–Crippen MR) is 119 cm³/mol. The minimum atomic E-state index is -3.30. The Labute approximate surface area is 184 Å². The molecule has 1 heterocycles. The average molecular weight is 460 g/mol. The molecule has 0 radical (unpaired) electrons. The van der Waals surface area contributed by atoms with E-state index in [2.05, 4.69) is 20.6 Å². The van der Waals surface area contributed by atoms with Gasteiger partial charge in [-0.1, -0.05) is 12.1 Å². The molecule has 2 amide bonds. The highest BCUT2D eigenvalue weighted by molar-refractivity contribution is 8.14. The molecule has 31 heavy (non-hydrogen) atoms. The molecule has 1 aliphatic heterocycles. The predicted octanol–water partition coefficient (Wildman–Crippen LogP) is 1.15. The highest BCUT2D eigenvalue weighted by Crippen LogP contribution is 2.35. The third-order valence-electron chi connectivity index (χ3n) is 4.50. The minimum absolute atomic E-state index is 0.0481. The van der Waals surface area contributed by atoms with Gasteiger partial charge in [0.15, 0.2) is 9.84 Å². The van der Waals surface area contributed by atoms with E-state index in [-0.39, 0.29) is 41.6 Å². The van der Waals surface area contributed by atoms with Crippen LogP contribution in [0.25, 0.3) is 0 Å². The number of amides is 2. The summed E-state index contributed by atoms with van der Waals surface area (Å²) >= 11 is 1.51. The number of carbonyl (C=O) groups excluding carboxylic acids is 2. The SMILES string of the molecule is CS(=O)(=O)c1cccc(N=C2C=CC3N=C(CC(=O)NCC(=O)NCC#N)SC3C2)c1. The fraction of sp³-hybridized carbons (Fsp3) is 0.350. The van der Waals surface area contributed by atoms with Crippen LogP contribution in [0.4, 0.5) is 5.69 Å². The summed E-state index contributed by atoms with van der Waals surface area (Å²) < 4.78 is 23.5. The summed E-state index contributed by atoms with van der Waals surface area (Å²) in [7, 11) is -3.30. The van der Waals surface area contributed by atoms with Gasteiger partial charge >= 0.3 is 0 Å². The highest BCUT2D eigenvalue weighted by atomic mass is 32.2. The van der Waals surface area contributed by atoms with E-state index in [9.17, 15) is 18.0 Å². The first kappa shape index (κ1) is 22.7. The van der Waals surface area contributed by atoms with E-state index in [1.165, 1.54) is 17.8 Å². The zero-order valence-corrected chi connectivity index (χ0v) is 18.4. The molecule has 0 aromatic heterocycles. The molecule has 0 bridgehead atoms. The van der Waals surface area contributed by atoms with Crippen molar-refractivity contribution >= 4 is 49.9 Å². The molecule has 162 valence electrons. The molecule has 0 fully saturated rings. The van der Waals surface area contributed by atoms with Crippen molar-refractivity contribution in [2.24, 2.45) is 9.98 Å². The molecule has 2 N–H and O–H groups in total. The highest BCUT2D eigenvalue weighted by Gasteiger charge is 2.32. The van der Waals surface area contributed by atoms with E-state index < -0.39 is 15.7 Å². The third kappa shape index (κ3) is 6.50. The number of aliphatic imine (C=N–C) groups is 2. The van der Waals surface area contributed by atoms with Gasteiger partial charge in [0.2, 0.25) is 11.8 Å². The van der Waals surface area contributed by atoms with Crippen molar-refractivity contribution in [2.45, 2.75) is 29.0 Å². The van der Waals surface area contributed by atoms with Gasteiger partial charge in [-0.15, -0.1) is 11.8 Å². The zero-order valence-electron chi connectivity index (χ0n) is 16.7. The van der Waals surface area contributed by atoms with Crippen LogP contribution in [0.3, 0.4) is 0 Å². The zero-order chi connectivity index (χ0) is 22.4. The van der Waals surface area contributed by atoms with E-state index >= 15 is 0 Å². The van der Waals surface area contributed by atoms with Gasteiger partial charge < -0.3 is 10.6 Å². The molecule has 1 aliphatic carbocycles. The summed E-state index contributed by atoms with van der Waals surface area (Å²) in [6.45, 7) is -0.288. The van der Waals surface area contributed by atoms with Gasteiger partial charge in [-0.25, -0.2) is 8.42 Å². The Morgan fingerprint density at radius 2 is 2.13 bits per heavy atom. The minimum Gasteiger partial charge on any atom is -0.347 e. The number of hydrogen-bond donors (Lipinski definition) is 2. The molecule has 0 saturated carbocycles. The van der Waals surface area contributed by atoms with Crippen LogP contribution in [0, 0.1) is 11.3 Å². The van der Waals surface area contributed by atoms with E-state index in [0.29, 0.717) is 17.2 Å². The summed E-state index contributed by atoms with van der Waals surface area (Å²) in [4.78, 5) is 32.9. The van der Waals surface area contributed by atoms with Gasteiger partial charge in [0.1, 0.15) is 6.54 Å². The molecule has 1 aromatic carbocycles. The molecule has 3 rings (SSSR count). The van der Waals surface area contributed by atoms with Crippen molar-refractivity contribution in [1.82, 2.24) is 10.6 Å². The van der Waals surface area contributed by atoms with Gasteiger partial charge in [-0.3, -0.25) is 19.6 Å². The van der Waals surface area contributed by atoms with Crippen molar-refractivity contribution in [3.05, 3.63) is 36.4 Å². The van der Waals surface area contributed by atoms with E-state index in [0.717, 1.165) is 12.0 Å². The monoisotopic (exact) mass is 459 g/mol. The molecule has 0 spiro atoms. The maximum Gasteiger partial charge on any atom is 0.240 e. The number of nitriles is 1. The summed E-state index contributed by atoms with van der Waals surface area (Å²) in [5.41, 5.74) is 1.38. The Balaban J connectivity index is 1.55. The lowest BCUT2D eigenvalue weighted by atomic mass is 10.0. The topological polar surface area (TPSA) is 141 Å². The van der Waals surface area contributed by atoms with Crippen molar-refractivity contribution in [1.29, 1.82) is 5.26 Å². The van der Waals surface area contributed by atoms with Crippen LogP contribution in [-0.2, 0) is 19.4 Å². The molecule has 2 aliphatic rings. The molecule has 9 nitrogen and oxygen atoms in total. The van der Waals surface area contributed by atoms with Crippen LogP contribution in [0.5, 0.6) is 0 Å². The summed E-state index contributed by atoms with van der Waals surface area (Å²) in [5.74, 6) is -0.735. The first-order chi connectivity index (χ1) is 14.7. The number of hydrogen-bond acceptors (Lipinski definition) is 8. The van der Waals surface area contributed by atoms with Crippen LogP contribution in [-0.4, -0.2) is 61.6 Å². The van der Waals surface area contributed by atoms with Crippen LogP contribution in [0.15, 0.2) is 51.3 Å². The number of fused-ring (bicyclic) bond motifs is 1. The van der Waals surface area contributed by atoms with Crippen LogP contribution >= 0.6 is 11.8 Å². The number of sulfone groups is 1. The fourth-order valence-electron chi connectivity index (χ4n) is 3.04. The van der Waals surface area contributed by atoms with Gasteiger partial charge in [-0.2, -0.15) is 5.26 Å². The average Bonchev–Trinajstić information content (AvgIpc) is 3.11. The van der Waals surface area contributed by atoms with E-state index in [1.807, 2.05) is 12.2 Å². The summed E-state index contributed by atoms with van der Waals surface area (Å²) in [6.07, 6.45) is 5.69. The lowest BCUT2D eigenvalue weighted by molar-refractivity contribution is -0.125. The maximum atomic E-state index is 12.1. The maximum absolute atomic E-state index is 12.1. The van der Waals surface area contributed by atoms with Gasteiger partial charge in [0.25, 0.3) is 0 Å². The standard InChI is InChI=1S/C20H21N5O4S2/c1-31(28,29)15-4-2-3-13(9-15)24-14-5-6-16-17(10-14)30-20(25-16)11-18(26)23-12-19(27)22-8-7-21/h2-6,9,16-17H,8,10-12H2,1H3,(H,22,27)(H,23,26). The second-order valence-corrected chi connectivity index (χ2v) is 10.3. The summed E-state index contributed by atoms with van der Waals surface area (Å²) in [6, 6.07) is 8.24. The van der Waals surface area contributed by atoms with Crippen LogP contribution in [0.2, 0.25) is 0 Å². The molecule has 1 aromatic rings. The number of carbonyl (C=O) groups is 2. The number of benzene rings is 1. The quantitative estimate of drug-likeness (QED) is 0.586. The largest absolute Gasteiger partial charge is 0.347 e. The number of nitrogens with one attached hydrogen (secondary N) is 2. The number of rotatable bonds is 7. The lowest BCUT2D eigenvalue weighted by Gasteiger charge is -2.18. The Morgan fingerprint density at radius 3 is 2.87 bits per heavy atom. The normalized spacial score (nSPS) is 21.2. The first-order valence-corrected chi connectivity index (χ1v) is 12.2. The number of allylic oxidation sites excluding steroid dienone is 1. The van der Waals surface area contributed by atoms with Crippen molar-refractivity contribution in [3.63, 3.8) is 0 Å². The van der Waals surface area contributed by atoms with Gasteiger partial charge in [0.05, 0.1) is 40.7 Å². The van der Waals surface area contributed by atoms with Crippen LogP contribution < -0.4 is 10.6 Å². The molecule has 2 atom stereocenters. The fourth-order valence-corrected chi connectivity index (χ4v) is 4.99. The third-order valence-corrected chi connectivity index (χ3v) is 6.88. The van der Waals surface area contributed by atoms with Crippen molar-refractivity contribution < 1.29 is 18.0 Å². The van der Waals surface area contributed by atoms with Crippen molar-refractivity contribution in [3.8, 4) is 6.07 Å². The number of nitrogens with zero attached hydrogens (tertiary/aromatic N) is 3. The number of thioether (sulfide) groups is 1. The molecule has 0 saturated heterocycles. The van der Waals surface area contributed by atoms with E-state index in [1.54, 1.807) is 24.3 Å². The van der Waals surface area contributed by atoms with Gasteiger partial charge in [-0.05, 0) is 24.3 Å². The Morgan fingerprint density at radius 1 is 1.32 bits per heavy atom. The molecular formula is C20H21N5O4S2. The smallest absolute Gasteiger partial charge is 0.240 e. The first-order valence-electron chi connectivity index (χ1n) is 9.44. The van der Waals surface area contributed by atoms with E-state index in [4.69, 9.17) is 5.26 Å². The lowest BCUT2D eigenvalue weighted by Crippen LogP contribution is -2.37.